The summed E-state index contributed by atoms with van der Waals surface area (Å²) in [5, 5.41) is 4.96. The number of nitrogens with one attached hydrogen (secondary N) is 2. The van der Waals surface area contributed by atoms with Crippen molar-refractivity contribution in [2.24, 2.45) is 23.1 Å². The summed E-state index contributed by atoms with van der Waals surface area (Å²) in [4.78, 5) is 34.7. The zero-order valence-corrected chi connectivity index (χ0v) is 13.4. The lowest BCUT2D eigenvalue weighted by molar-refractivity contribution is -0.129. The highest BCUT2D eigenvalue weighted by Crippen LogP contribution is 2.04. The van der Waals surface area contributed by atoms with E-state index in [0.29, 0.717) is 19.4 Å². The van der Waals surface area contributed by atoms with Crippen LogP contribution >= 0.6 is 0 Å². The fraction of sp³-hybridized carbons (Fsp3) is 0.786. The van der Waals surface area contributed by atoms with E-state index in [1.54, 1.807) is 0 Å². The van der Waals surface area contributed by atoms with Gasteiger partial charge in [0.1, 0.15) is 6.04 Å². The second kappa shape index (κ2) is 11.0. The zero-order valence-electron chi connectivity index (χ0n) is 13.4. The molecule has 0 spiro atoms. The van der Waals surface area contributed by atoms with Gasteiger partial charge < -0.3 is 27.8 Å². The van der Waals surface area contributed by atoms with Gasteiger partial charge in [0.05, 0.1) is 12.6 Å². The molecular weight excluding hydrogens is 286 g/mol. The molecule has 0 heterocycles. The van der Waals surface area contributed by atoms with Gasteiger partial charge in [0.2, 0.25) is 17.7 Å². The maximum Gasteiger partial charge on any atom is 0.240 e. The lowest BCUT2D eigenvalue weighted by atomic mass is 10.0. The predicted molar refractivity (Wildman–Crippen MR) is 84.5 cm³/mol. The molecule has 0 fully saturated rings. The summed E-state index contributed by atoms with van der Waals surface area (Å²) in [5.74, 6) is -1.24. The Kier molecular flexibility index (Phi) is 10.1. The number of amides is 3. The largest absolute Gasteiger partial charge is 0.368 e. The highest BCUT2D eigenvalue weighted by atomic mass is 16.2. The molecule has 0 unspecified atom stereocenters. The Morgan fingerprint density at radius 2 is 1.77 bits per heavy atom. The van der Waals surface area contributed by atoms with Gasteiger partial charge in [0, 0.05) is 0 Å². The number of primary amides is 1. The number of unbranched alkanes of at least 4 members (excludes halogenated alkanes) is 1. The Morgan fingerprint density at radius 1 is 1.14 bits per heavy atom. The fourth-order valence-electron chi connectivity index (χ4n) is 1.90. The number of nitrogens with two attached hydrogens (primary N) is 3. The molecule has 8 nitrogen and oxygen atoms in total. The van der Waals surface area contributed by atoms with E-state index in [4.69, 9.17) is 17.2 Å². The first-order chi connectivity index (χ1) is 10.3. The molecule has 0 aromatic rings. The Morgan fingerprint density at radius 3 is 2.27 bits per heavy atom. The van der Waals surface area contributed by atoms with Crippen molar-refractivity contribution in [2.45, 2.75) is 51.6 Å². The van der Waals surface area contributed by atoms with Crippen molar-refractivity contribution >= 4 is 17.7 Å². The van der Waals surface area contributed by atoms with Crippen LogP contribution < -0.4 is 27.8 Å². The van der Waals surface area contributed by atoms with Gasteiger partial charge in [-0.05, 0) is 31.7 Å². The molecule has 128 valence electrons. The number of rotatable bonds is 11. The molecule has 0 bridgehead atoms. The third-order valence-corrected chi connectivity index (χ3v) is 3.11. The number of carbonyl (C=O) groups is 3. The van der Waals surface area contributed by atoms with E-state index in [1.807, 2.05) is 13.8 Å². The van der Waals surface area contributed by atoms with E-state index in [2.05, 4.69) is 10.6 Å². The van der Waals surface area contributed by atoms with E-state index >= 15 is 0 Å². The van der Waals surface area contributed by atoms with E-state index in [9.17, 15) is 14.4 Å². The summed E-state index contributed by atoms with van der Waals surface area (Å²) >= 11 is 0. The van der Waals surface area contributed by atoms with Gasteiger partial charge in [0.15, 0.2) is 0 Å². The molecule has 0 aliphatic heterocycles. The maximum absolute atomic E-state index is 11.7. The van der Waals surface area contributed by atoms with Crippen LogP contribution in [0.5, 0.6) is 0 Å². The van der Waals surface area contributed by atoms with Gasteiger partial charge in [-0.3, -0.25) is 14.4 Å². The number of hydrogen-bond acceptors (Lipinski definition) is 5. The molecule has 0 saturated carbocycles. The topological polar surface area (TPSA) is 153 Å². The standard InChI is InChI=1S/C14H29N5O3/c1-9(2)7-11(13(17)21)19-12(20)8-18-14(22)10(16)5-3-4-6-15/h9-11H,3-8,15-16H2,1-2H3,(H2,17,21)(H,18,22)(H,19,20)/t10-,11-/m0/s1. The molecule has 0 aromatic carbocycles. The molecule has 8 N–H and O–H groups in total. The maximum atomic E-state index is 11.7. The Bertz CT molecular complexity index is 373. The second-order valence-corrected chi connectivity index (χ2v) is 5.76. The fourth-order valence-corrected chi connectivity index (χ4v) is 1.90. The first-order valence-electron chi connectivity index (χ1n) is 7.60. The van der Waals surface area contributed by atoms with Crippen LogP contribution in [0.25, 0.3) is 0 Å². The van der Waals surface area contributed by atoms with Crippen molar-refractivity contribution < 1.29 is 14.4 Å². The van der Waals surface area contributed by atoms with E-state index in [0.717, 1.165) is 12.8 Å². The van der Waals surface area contributed by atoms with Crippen molar-refractivity contribution in [3.05, 3.63) is 0 Å². The zero-order chi connectivity index (χ0) is 17.1. The number of carbonyl (C=O) groups excluding carboxylic acids is 3. The minimum atomic E-state index is -0.734. The normalized spacial score (nSPS) is 13.5. The van der Waals surface area contributed by atoms with Crippen molar-refractivity contribution in [3.8, 4) is 0 Å². The predicted octanol–water partition coefficient (Wildman–Crippen LogP) is -1.42. The smallest absolute Gasteiger partial charge is 0.240 e. The molecular formula is C14H29N5O3. The minimum Gasteiger partial charge on any atom is -0.368 e. The van der Waals surface area contributed by atoms with Crippen LogP contribution in [0.3, 0.4) is 0 Å². The third kappa shape index (κ3) is 9.30. The molecule has 0 aliphatic carbocycles. The Balaban J connectivity index is 4.14. The molecule has 0 rings (SSSR count). The Hall–Kier alpha value is -1.67. The monoisotopic (exact) mass is 315 g/mol. The van der Waals surface area contributed by atoms with Crippen LogP contribution in [0.2, 0.25) is 0 Å². The van der Waals surface area contributed by atoms with Crippen molar-refractivity contribution in [1.82, 2.24) is 10.6 Å². The van der Waals surface area contributed by atoms with Crippen molar-refractivity contribution in [1.29, 1.82) is 0 Å². The second-order valence-electron chi connectivity index (χ2n) is 5.76. The van der Waals surface area contributed by atoms with Gasteiger partial charge in [-0.15, -0.1) is 0 Å². The van der Waals surface area contributed by atoms with Gasteiger partial charge in [-0.25, -0.2) is 0 Å². The summed E-state index contributed by atoms with van der Waals surface area (Å²) in [6.45, 7) is 4.17. The van der Waals surface area contributed by atoms with E-state index in [1.165, 1.54) is 0 Å². The summed E-state index contributed by atoms with van der Waals surface area (Å²) < 4.78 is 0. The quantitative estimate of drug-likeness (QED) is 0.296. The van der Waals surface area contributed by atoms with Gasteiger partial charge in [0.25, 0.3) is 0 Å². The molecule has 0 aliphatic rings. The molecule has 22 heavy (non-hydrogen) atoms. The average molecular weight is 315 g/mol. The molecule has 0 aromatic heterocycles. The Labute approximate surface area is 131 Å². The lowest BCUT2D eigenvalue weighted by Crippen LogP contribution is -2.50. The average Bonchev–Trinajstić information content (AvgIpc) is 2.43. The molecule has 0 radical (unpaired) electrons. The minimum absolute atomic E-state index is 0.211. The van der Waals surface area contributed by atoms with Crippen LogP contribution in [0.4, 0.5) is 0 Å². The van der Waals surface area contributed by atoms with Crippen molar-refractivity contribution in [2.75, 3.05) is 13.1 Å². The van der Waals surface area contributed by atoms with Crippen LogP contribution in [0.15, 0.2) is 0 Å². The van der Waals surface area contributed by atoms with E-state index in [-0.39, 0.29) is 12.5 Å². The first-order valence-corrected chi connectivity index (χ1v) is 7.60. The SMILES string of the molecule is CC(C)C[C@H](NC(=O)CNC(=O)[C@@H](N)CCCCN)C(N)=O. The highest BCUT2D eigenvalue weighted by Gasteiger charge is 2.20. The van der Waals surface area contributed by atoms with Crippen LogP contribution in [-0.2, 0) is 14.4 Å². The number of hydrogen-bond donors (Lipinski definition) is 5. The van der Waals surface area contributed by atoms with E-state index < -0.39 is 29.8 Å². The van der Waals surface area contributed by atoms with Crippen LogP contribution in [0.1, 0.15) is 39.5 Å². The molecule has 0 saturated heterocycles. The van der Waals surface area contributed by atoms with Crippen LogP contribution in [-0.4, -0.2) is 42.9 Å². The first kappa shape index (κ1) is 20.3. The third-order valence-electron chi connectivity index (χ3n) is 3.11. The van der Waals surface area contributed by atoms with Gasteiger partial charge in [-0.2, -0.15) is 0 Å². The van der Waals surface area contributed by atoms with Crippen molar-refractivity contribution in [3.63, 3.8) is 0 Å². The summed E-state index contributed by atoms with van der Waals surface area (Å²) in [6.07, 6.45) is 2.53. The summed E-state index contributed by atoms with van der Waals surface area (Å²) in [5.41, 5.74) is 16.3. The molecule has 3 amide bonds. The summed E-state index contributed by atoms with van der Waals surface area (Å²) in [6, 6.07) is -1.40. The highest BCUT2D eigenvalue weighted by molar-refractivity contribution is 5.90. The molecule has 2 atom stereocenters. The van der Waals surface area contributed by atoms with Gasteiger partial charge in [-0.1, -0.05) is 20.3 Å². The lowest BCUT2D eigenvalue weighted by Gasteiger charge is -2.18. The summed E-state index contributed by atoms with van der Waals surface area (Å²) in [7, 11) is 0. The van der Waals surface area contributed by atoms with Gasteiger partial charge >= 0.3 is 0 Å². The molecule has 8 heteroatoms. The van der Waals surface area contributed by atoms with Crippen LogP contribution in [0, 0.1) is 5.92 Å².